The van der Waals surface area contributed by atoms with Crippen molar-refractivity contribution in [2.75, 3.05) is 26.3 Å². The first-order valence-electron chi connectivity index (χ1n) is 11.1. The van der Waals surface area contributed by atoms with Crippen LogP contribution in [0.3, 0.4) is 0 Å². The normalized spacial score (nSPS) is 21.5. The minimum atomic E-state index is -0.570. The minimum Gasteiger partial charge on any atom is -0.466 e. The molecule has 1 unspecified atom stereocenters. The summed E-state index contributed by atoms with van der Waals surface area (Å²) in [5.41, 5.74) is 1.83. The highest BCUT2D eigenvalue weighted by Crippen LogP contribution is 2.40. The Labute approximate surface area is 177 Å². The lowest BCUT2D eigenvalue weighted by molar-refractivity contribution is -0.162. The SMILES string of the molecule is CCOC(=O)C1(CC2CCCCO2)CCN(C(=O)c2n[nH]c3ccc(C)cc23)CC1. The Morgan fingerprint density at radius 3 is 2.80 bits per heavy atom. The number of nitrogens with one attached hydrogen (secondary N) is 1. The molecule has 2 fully saturated rings. The molecule has 1 atom stereocenters. The number of carbonyl (C=O) groups excluding carboxylic acids is 2. The molecule has 0 saturated carbocycles. The summed E-state index contributed by atoms with van der Waals surface area (Å²) in [7, 11) is 0. The van der Waals surface area contributed by atoms with Crippen molar-refractivity contribution in [3.8, 4) is 0 Å². The summed E-state index contributed by atoms with van der Waals surface area (Å²) in [5, 5.41) is 8.08. The van der Waals surface area contributed by atoms with Gasteiger partial charge in [0.2, 0.25) is 0 Å². The van der Waals surface area contributed by atoms with E-state index in [0.29, 0.717) is 44.7 Å². The number of benzene rings is 1. The van der Waals surface area contributed by atoms with Gasteiger partial charge in [-0.25, -0.2) is 0 Å². The molecule has 1 aromatic heterocycles. The molecule has 1 aromatic carbocycles. The lowest BCUT2D eigenvalue weighted by Gasteiger charge is -2.42. The van der Waals surface area contributed by atoms with E-state index in [4.69, 9.17) is 9.47 Å². The molecule has 2 saturated heterocycles. The van der Waals surface area contributed by atoms with Gasteiger partial charge in [0, 0.05) is 25.1 Å². The number of amides is 1. The summed E-state index contributed by atoms with van der Waals surface area (Å²) in [5.74, 6) is -0.231. The van der Waals surface area contributed by atoms with Crippen LogP contribution in [-0.2, 0) is 14.3 Å². The topological polar surface area (TPSA) is 84.5 Å². The van der Waals surface area contributed by atoms with Crippen LogP contribution in [0, 0.1) is 12.3 Å². The predicted molar refractivity (Wildman–Crippen MR) is 113 cm³/mol. The second-order valence-electron chi connectivity index (χ2n) is 8.61. The maximum atomic E-state index is 13.2. The van der Waals surface area contributed by atoms with E-state index in [1.54, 1.807) is 0 Å². The zero-order chi connectivity index (χ0) is 21.1. The van der Waals surface area contributed by atoms with Gasteiger partial charge in [-0.15, -0.1) is 0 Å². The Balaban J connectivity index is 1.49. The Morgan fingerprint density at radius 1 is 1.30 bits per heavy atom. The van der Waals surface area contributed by atoms with Crippen molar-refractivity contribution >= 4 is 22.8 Å². The fourth-order valence-corrected chi connectivity index (χ4v) is 4.76. The Kier molecular flexibility index (Phi) is 6.09. The third-order valence-electron chi connectivity index (χ3n) is 6.53. The van der Waals surface area contributed by atoms with Crippen molar-refractivity contribution in [3.05, 3.63) is 29.5 Å². The molecule has 2 aliphatic rings. The monoisotopic (exact) mass is 413 g/mol. The molecule has 3 heterocycles. The van der Waals surface area contributed by atoms with Crippen LogP contribution >= 0.6 is 0 Å². The van der Waals surface area contributed by atoms with Crippen LogP contribution in [0.2, 0.25) is 0 Å². The van der Waals surface area contributed by atoms with Crippen LogP contribution in [-0.4, -0.2) is 59.4 Å². The van der Waals surface area contributed by atoms with Gasteiger partial charge in [0.15, 0.2) is 5.69 Å². The van der Waals surface area contributed by atoms with Crippen molar-refractivity contribution in [3.63, 3.8) is 0 Å². The third-order valence-corrected chi connectivity index (χ3v) is 6.53. The molecule has 4 rings (SSSR count). The van der Waals surface area contributed by atoms with Crippen molar-refractivity contribution < 1.29 is 19.1 Å². The van der Waals surface area contributed by atoms with Crippen LogP contribution in [0.25, 0.3) is 10.9 Å². The zero-order valence-corrected chi connectivity index (χ0v) is 17.9. The molecular weight excluding hydrogens is 382 g/mol. The molecule has 0 spiro atoms. The van der Waals surface area contributed by atoms with E-state index in [0.717, 1.165) is 42.3 Å². The number of hydrogen-bond donors (Lipinski definition) is 1. The van der Waals surface area contributed by atoms with Crippen molar-refractivity contribution in [1.29, 1.82) is 0 Å². The summed E-state index contributed by atoms with van der Waals surface area (Å²) >= 11 is 0. The van der Waals surface area contributed by atoms with Gasteiger partial charge in [-0.3, -0.25) is 14.7 Å². The van der Waals surface area contributed by atoms with E-state index < -0.39 is 5.41 Å². The molecular formula is C23H31N3O4. The van der Waals surface area contributed by atoms with Gasteiger partial charge < -0.3 is 14.4 Å². The van der Waals surface area contributed by atoms with Gasteiger partial charge in [-0.1, -0.05) is 11.6 Å². The zero-order valence-electron chi connectivity index (χ0n) is 17.9. The first-order valence-corrected chi connectivity index (χ1v) is 11.1. The molecule has 7 heteroatoms. The fraction of sp³-hybridized carbons (Fsp3) is 0.609. The summed E-state index contributed by atoms with van der Waals surface area (Å²) in [4.78, 5) is 27.9. The molecule has 30 heavy (non-hydrogen) atoms. The standard InChI is InChI=1S/C23H31N3O4/c1-3-29-22(28)23(15-17-6-4-5-13-30-17)9-11-26(12-10-23)21(27)20-18-14-16(2)7-8-19(18)24-25-20/h7-8,14,17H,3-6,9-13,15H2,1-2H3,(H,24,25). The number of rotatable bonds is 5. The van der Waals surface area contributed by atoms with Gasteiger partial charge in [-0.2, -0.15) is 5.10 Å². The first-order chi connectivity index (χ1) is 14.5. The number of fused-ring (bicyclic) bond motifs is 1. The van der Waals surface area contributed by atoms with Crippen LogP contribution < -0.4 is 0 Å². The van der Waals surface area contributed by atoms with E-state index in [2.05, 4.69) is 10.2 Å². The Hall–Kier alpha value is -2.41. The summed E-state index contributed by atoms with van der Waals surface area (Å²) in [6.45, 7) is 6.01. The maximum Gasteiger partial charge on any atom is 0.312 e. The number of aromatic amines is 1. The average molecular weight is 414 g/mol. The number of nitrogens with zero attached hydrogens (tertiary/aromatic N) is 2. The van der Waals surface area contributed by atoms with E-state index in [1.807, 2.05) is 36.9 Å². The molecule has 162 valence electrons. The second kappa shape index (κ2) is 8.76. The molecule has 7 nitrogen and oxygen atoms in total. The number of likely N-dealkylation sites (tertiary alicyclic amines) is 1. The molecule has 0 aliphatic carbocycles. The van der Waals surface area contributed by atoms with Gasteiger partial charge in [0.25, 0.3) is 5.91 Å². The van der Waals surface area contributed by atoms with Crippen molar-refractivity contribution in [2.24, 2.45) is 5.41 Å². The van der Waals surface area contributed by atoms with Gasteiger partial charge in [0.05, 0.1) is 23.6 Å². The predicted octanol–water partition coefficient (Wildman–Crippen LogP) is 3.62. The lowest BCUT2D eigenvalue weighted by atomic mass is 9.73. The van der Waals surface area contributed by atoms with Crippen molar-refractivity contribution in [2.45, 2.75) is 58.5 Å². The second-order valence-corrected chi connectivity index (χ2v) is 8.61. The number of ether oxygens (including phenoxy) is 2. The number of aryl methyl sites for hydroxylation is 1. The summed E-state index contributed by atoms with van der Waals surface area (Å²) in [6, 6.07) is 5.93. The molecule has 2 aliphatic heterocycles. The highest BCUT2D eigenvalue weighted by atomic mass is 16.5. The van der Waals surface area contributed by atoms with Gasteiger partial charge >= 0.3 is 5.97 Å². The highest BCUT2D eigenvalue weighted by Gasteiger charge is 2.45. The molecule has 2 aromatic rings. The summed E-state index contributed by atoms with van der Waals surface area (Å²) < 4.78 is 11.4. The Bertz CT molecular complexity index is 908. The van der Waals surface area contributed by atoms with E-state index in [-0.39, 0.29) is 18.0 Å². The van der Waals surface area contributed by atoms with E-state index in [1.165, 1.54) is 0 Å². The van der Waals surface area contributed by atoms with Crippen LogP contribution in [0.1, 0.15) is 61.5 Å². The van der Waals surface area contributed by atoms with Crippen LogP contribution in [0.5, 0.6) is 0 Å². The number of H-pyrrole nitrogens is 1. The number of hydrogen-bond acceptors (Lipinski definition) is 5. The summed E-state index contributed by atoms with van der Waals surface area (Å²) in [6.07, 6.45) is 5.18. The van der Waals surface area contributed by atoms with Gasteiger partial charge in [-0.05, 0) is 64.5 Å². The smallest absolute Gasteiger partial charge is 0.312 e. The number of piperidine rings is 1. The number of carbonyl (C=O) groups is 2. The Morgan fingerprint density at radius 2 is 2.10 bits per heavy atom. The first kappa shape index (κ1) is 20.8. The van der Waals surface area contributed by atoms with E-state index >= 15 is 0 Å². The lowest BCUT2D eigenvalue weighted by Crippen LogP contribution is -2.49. The highest BCUT2D eigenvalue weighted by molar-refractivity contribution is 6.04. The number of esters is 1. The molecule has 0 bridgehead atoms. The molecule has 1 amide bonds. The largest absolute Gasteiger partial charge is 0.466 e. The minimum absolute atomic E-state index is 0.0850. The van der Waals surface area contributed by atoms with E-state index in [9.17, 15) is 9.59 Å². The molecule has 0 radical (unpaired) electrons. The van der Waals surface area contributed by atoms with Crippen LogP contribution in [0.4, 0.5) is 0 Å². The third kappa shape index (κ3) is 4.08. The molecule has 1 N–H and O–H groups in total. The van der Waals surface area contributed by atoms with Gasteiger partial charge in [0.1, 0.15) is 0 Å². The average Bonchev–Trinajstić information content (AvgIpc) is 3.17. The fourth-order valence-electron chi connectivity index (χ4n) is 4.76. The quantitative estimate of drug-likeness (QED) is 0.757. The van der Waals surface area contributed by atoms with Crippen LogP contribution in [0.15, 0.2) is 18.2 Å². The number of aromatic nitrogens is 2. The van der Waals surface area contributed by atoms with Crippen molar-refractivity contribution in [1.82, 2.24) is 15.1 Å². The maximum absolute atomic E-state index is 13.2.